The predicted octanol–water partition coefficient (Wildman–Crippen LogP) is 2.47. The van der Waals surface area contributed by atoms with Gasteiger partial charge in [-0.15, -0.1) is 0 Å². The third-order valence-electron chi connectivity index (χ3n) is 6.80. The number of fused-ring (bicyclic) bond motifs is 1. The van der Waals surface area contributed by atoms with Crippen molar-refractivity contribution < 1.29 is 18.8 Å². The average Bonchev–Trinajstić information content (AvgIpc) is 3.63. The number of aromatic nitrogens is 2. The molecule has 174 valence electrons. The molecule has 1 unspecified atom stereocenters. The number of para-hydroxylation sites is 1. The third kappa shape index (κ3) is 3.81. The molecule has 6 rings (SSSR count). The van der Waals surface area contributed by atoms with Crippen LogP contribution >= 0.6 is 0 Å². The van der Waals surface area contributed by atoms with E-state index in [-0.39, 0.29) is 24.2 Å². The lowest BCUT2D eigenvalue weighted by Crippen LogP contribution is -2.50. The molecule has 0 saturated carbocycles. The molecule has 9 heteroatoms. The van der Waals surface area contributed by atoms with Crippen molar-refractivity contribution in [3.63, 3.8) is 0 Å². The van der Waals surface area contributed by atoms with Crippen LogP contribution in [0.5, 0.6) is 0 Å². The van der Waals surface area contributed by atoms with E-state index < -0.39 is 0 Å². The minimum absolute atomic E-state index is 0.000284. The first kappa shape index (κ1) is 20.9. The molecule has 3 aliphatic heterocycles. The molecule has 4 heterocycles. The van der Waals surface area contributed by atoms with E-state index >= 15 is 0 Å². The van der Waals surface area contributed by atoms with Crippen molar-refractivity contribution in [1.29, 1.82) is 0 Å². The lowest BCUT2D eigenvalue weighted by molar-refractivity contribution is -0.136. The van der Waals surface area contributed by atoms with Crippen molar-refractivity contribution in [2.24, 2.45) is 5.92 Å². The van der Waals surface area contributed by atoms with Crippen LogP contribution in [0.1, 0.15) is 17.5 Å². The van der Waals surface area contributed by atoms with Gasteiger partial charge in [-0.25, -0.2) is 0 Å². The van der Waals surface area contributed by atoms with Crippen molar-refractivity contribution in [2.45, 2.75) is 19.6 Å². The molecular formula is C25H25N5O4. The maximum Gasteiger partial charge on any atom is 0.324 e. The van der Waals surface area contributed by atoms with Gasteiger partial charge in [-0.3, -0.25) is 9.59 Å². The summed E-state index contributed by atoms with van der Waals surface area (Å²) >= 11 is 0. The average molecular weight is 460 g/mol. The van der Waals surface area contributed by atoms with Gasteiger partial charge in [-0.05, 0) is 29.3 Å². The Bertz CT molecular complexity index is 1220. The third-order valence-corrected chi connectivity index (χ3v) is 6.80. The van der Waals surface area contributed by atoms with Gasteiger partial charge in [0.05, 0.1) is 19.1 Å². The van der Waals surface area contributed by atoms with Gasteiger partial charge in [-0.1, -0.05) is 35.5 Å². The number of piperazine rings is 1. The molecule has 0 N–H and O–H groups in total. The van der Waals surface area contributed by atoms with Crippen LogP contribution in [-0.4, -0.2) is 59.6 Å². The fraction of sp³-hybridized carbons (Fsp3) is 0.360. The van der Waals surface area contributed by atoms with Gasteiger partial charge >= 0.3 is 6.01 Å². The van der Waals surface area contributed by atoms with E-state index in [4.69, 9.17) is 9.26 Å². The summed E-state index contributed by atoms with van der Waals surface area (Å²) in [6.45, 7) is 4.02. The van der Waals surface area contributed by atoms with Crippen LogP contribution in [0.15, 0.2) is 53.1 Å². The zero-order chi connectivity index (χ0) is 23.1. The van der Waals surface area contributed by atoms with Crippen LogP contribution in [-0.2, 0) is 27.5 Å². The molecule has 1 aromatic heterocycles. The molecule has 34 heavy (non-hydrogen) atoms. The summed E-state index contributed by atoms with van der Waals surface area (Å²) in [5.74, 6) is 0.282. The molecular weight excluding hydrogens is 434 g/mol. The second kappa shape index (κ2) is 8.57. The summed E-state index contributed by atoms with van der Waals surface area (Å²) in [7, 11) is 0. The summed E-state index contributed by atoms with van der Waals surface area (Å²) in [5, 5.41) is 4.16. The monoisotopic (exact) mass is 459 g/mol. The van der Waals surface area contributed by atoms with E-state index in [2.05, 4.69) is 16.2 Å². The van der Waals surface area contributed by atoms with Gasteiger partial charge in [0.15, 0.2) is 0 Å². The van der Waals surface area contributed by atoms with Crippen LogP contribution in [0, 0.1) is 5.92 Å². The second-order valence-electron chi connectivity index (χ2n) is 8.93. The topological polar surface area (TPSA) is 92.0 Å². The highest BCUT2D eigenvalue weighted by atomic mass is 16.5. The maximum atomic E-state index is 13.1. The molecule has 3 aliphatic rings. The zero-order valence-electron chi connectivity index (χ0n) is 18.7. The van der Waals surface area contributed by atoms with Crippen LogP contribution in [0.4, 0.5) is 11.7 Å². The first-order valence-corrected chi connectivity index (χ1v) is 11.6. The Labute approximate surface area is 196 Å². The van der Waals surface area contributed by atoms with Gasteiger partial charge in [-0.2, -0.15) is 4.98 Å². The number of hydrogen-bond donors (Lipinski definition) is 0. The van der Waals surface area contributed by atoms with E-state index in [1.807, 2.05) is 52.3 Å². The Balaban J connectivity index is 1.07. The largest absolute Gasteiger partial charge is 0.372 e. The Hall–Kier alpha value is -3.72. The van der Waals surface area contributed by atoms with Crippen LogP contribution in [0.25, 0.3) is 11.4 Å². The molecule has 2 fully saturated rings. The summed E-state index contributed by atoms with van der Waals surface area (Å²) in [4.78, 5) is 35.8. The highest BCUT2D eigenvalue weighted by molar-refractivity contribution is 6.00. The summed E-state index contributed by atoms with van der Waals surface area (Å²) in [6.07, 6.45) is 0.257. The predicted molar refractivity (Wildman–Crippen MR) is 124 cm³/mol. The summed E-state index contributed by atoms with van der Waals surface area (Å²) in [5.41, 5.74) is 4.11. The van der Waals surface area contributed by atoms with Gasteiger partial charge in [0, 0.05) is 50.4 Å². The normalized spacial score (nSPS) is 20.2. The minimum atomic E-state index is -0.307. The van der Waals surface area contributed by atoms with Crippen LogP contribution < -0.4 is 9.80 Å². The Morgan fingerprint density at radius 2 is 1.76 bits per heavy atom. The number of amides is 2. The highest BCUT2D eigenvalue weighted by Gasteiger charge is 2.38. The minimum Gasteiger partial charge on any atom is -0.372 e. The number of ether oxygens (including phenoxy) is 1. The van der Waals surface area contributed by atoms with E-state index in [1.54, 1.807) is 4.90 Å². The molecule has 2 saturated heterocycles. The van der Waals surface area contributed by atoms with E-state index in [9.17, 15) is 9.59 Å². The second-order valence-corrected chi connectivity index (χ2v) is 8.93. The highest BCUT2D eigenvalue weighted by Crippen LogP contribution is 2.28. The number of benzene rings is 2. The maximum absolute atomic E-state index is 13.1. The van der Waals surface area contributed by atoms with Crippen molar-refractivity contribution in [2.75, 3.05) is 42.5 Å². The first-order chi connectivity index (χ1) is 16.7. The number of carbonyl (C=O) groups is 2. The Morgan fingerprint density at radius 1 is 0.971 bits per heavy atom. The van der Waals surface area contributed by atoms with Gasteiger partial charge in [0.1, 0.15) is 0 Å². The van der Waals surface area contributed by atoms with Crippen LogP contribution in [0.2, 0.25) is 0 Å². The lowest BCUT2D eigenvalue weighted by atomic mass is 10.1. The molecule has 0 bridgehead atoms. The fourth-order valence-electron chi connectivity index (χ4n) is 4.88. The summed E-state index contributed by atoms with van der Waals surface area (Å²) in [6, 6.07) is 16.1. The molecule has 0 spiro atoms. The Morgan fingerprint density at radius 3 is 2.59 bits per heavy atom. The molecule has 2 amide bonds. The molecule has 1 atom stereocenters. The van der Waals surface area contributed by atoms with Gasteiger partial charge < -0.3 is 24.0 Å². The molecule has 0 radical (unpaired) electrons. The number of carbonyl (C=O) groups excluding carboxylic acids is 2. The standard InChI is InChI=1S/C25H25N5O4/c31-22-13-19(14-30(22)21-4-2-1-3-5-21)24(32)28-8-10-29(11-9-28)25-26-23(27-34-25)17-6-7-18-15-33-16-20(18)12-17/h1-7,12,19H,8-11,13-16H2. The number of rotatable bonds is 4. The number of hydrogen-bond acceptors (Lipinski definition) is 7. The van der Waals surface area contributed by atoms with Gasteiger partial charge in [0.2, 0.25) is 17.6 Å². The number of nitrogens with zero attached hydrogens (tertiary/aromatic N) is 5. The zero-order valence-corrected chi connectivity index (χ0v) is 18.7. The van der Waals surface area contributed by atoms with Crippen molar-refractivity contribution in [3.05, 3.63) is 59.7 Å². The lowest BCUT2D eigenvalue weighted by Gasteiger charge is -2.34. The van der Waals surface area contributed by atoms with Gasteiger partial charge in [0.25, 0.3) is 0 Å². The molecule has 3 aromatic rings. The quantitative estimate of drug-likeness (QED) is 0.592. The number of anilines is 2. The Kier molecular flexibility index (Phi) is 5.26. The molecule has 2 aromatic carbocycles. The molecule has 9 nitrogen and oxygen atoms in total. The van der Waals surface area contributed by atoms with Crippen molar-refractivity contribution in [3.8, 4) is 11.4 Å². The van der Waals surface area contributed by atoms with E-state index in [0.29, 0.717) is 57.8 Å². The van der Waals surface area contributed by atoms with Crippen molar-refractivity contribution in [1.82, 2.24) is 15.0 Å². The van der Waals surface area contributed by atoms with E-state index in [0.717, 1.165) is 16.8 Å². The molecule has 0 aliphatic carbocycles. The smallest absolute Gasteiger partial charge is 0.324 e. The fourth-order valence-corrected chi connectivity index (χ4v) is 4.88. The van der Waals surface area contributed by atoms with Crippen molar-refractivity contribution >= 4 is 23.5 Å². The summed E-state index contributed by atoms with van der Waals surface area (Å²) < 4.78 is 11.0. The SMILES string of the molecule is O=C(C1CC(=O)N(c2ccccc2)C1)N1CCN(c2nc(-c3ccc4c(c3)COC4)no2)CC1. The van der Waals surface area contributed by atoms with E-state index in [1.165, 1.54) is 5.56 Å². The van der Waals surface area contributed by atoms with Crippen LogP contribution in [0.3, 0.4) is 0 Å². The first-order valence-electron chi connectivity index (χ1n) is 11.6.